The molecule has 0 spiro atoms. The number of carboxylic acids is 1. The zero-order chi connectivity index (χ0) is 12.7. The minimum Gasteiger partial charge on any atom is -0.481 e. The number of halogens is 1. The van der Waals surface area contributed by atoms with E-state index in [2.05, 4.69) is 5.32 Å². The molecule has 0 unspecified atom stereocenters. The number of aliphatic carboxylic acids is 1. The van der Waals surface area contributed by atoms with Crippen molar-refractivity contribution in [3.05, 3.63) is 0 Å². The summed E-state index contributed by atoms with van der Waals surface area (Å²) in [5, 5.41) is 11.7. The third-order valence-corrected chi connectivity index (χ3v) is 3.59. The Balaban J connectivity index is 2.14. The summed E-state index contributed by atoms with van der Waals surface area (Å²) >= 11 is 5.50. The first-order valence-corrected chi connectivity index (χ1v) is 6.72. The van der Waals surface area contributed by atoms with Crippen molar-refractivity contribution in [3.8, 4) is 0 Å². The van der Waals surface area contributed by atoms with Gasteiger partial charge in [-0.15, -0.1) is 11.6 Å². The Labute approximate surface area is 107 Å². The van der Waals surface area contributed by atoms with E-state index < -0.39 is 5.97 Å². The van der Waals surface area contributed by atoms with Crippen LogP contribution in [0.4, 0.5) is 0 Å². The van der Waals surface area contributed by atoms with Gasteiger partial charge < -0.3 is 10.4 Å². The number of hydrogen-bond donors (Lipinski definition) is 2. The lowest BCUT2D eigenvalue weighted by atomic mass is 9.82. The molecule has 0 bridgehead atoms. The second-order valence-electron chi connectivity index (χ2n) is 4.65. The standard InChI is InChI=1S/C12H20ClNO3/c13-7-1-2-11(15)14-8-9-3-5-10(6-4-9)12(16)17/h9-10H,1-8H2,(H,14,15)(H,16,17). The van der Waals surface area contributed by atoms with E-state index in [0.29, 0.717) is 31.2 Å². The summed E-state index contributed by atoms with van der Waals surface area (Å²) < 4.78 is 0. The summed E-state index contributed by atoms with van der Waals surface area (Å²) in [6.45, 7) is 0.674. The van der Waals surface area contributed by atoms with Gasteiger partial charge in [0.05, 0.1) is 5.92 Å². The number of carboxylic acid groups (broad SMARTS) is 1. The summed E-state index contributed by atoms with van der Waals surface area (Å²) in [5.41, 5.74) is 0. The second-order valence-corrected chi connectivity index (χ2v) is 5.03. The molecule has 1 aliphatic rings. The number of nitrogens with one attached hydrogen (secondary N) is 1. The highest BCUT2D eigenvalue weighted by atomic mass is 35.5. The topological polar surface area (TPSA) is 66.4 Å². The Morgan fingerprint density at radius 2 is 1.88 bits per heavy atom. The number of alkyl halides is 1. The Bertz CT molecular complexity index is 262. The third kappa shape index (κ3) is 5.39. The van der Waals surface area contributed by atoms with Crippen LogP contribution in [-0.4, -0.2) is 29.4 Å². The number of carbonyl (C=O) groups is 2. The first-order valence-electron chi connectivity index (χ1n) is 6.19. The van der Waals surface area contributed by atoms with Crippen molar-refractivity contribution in [2.24, 2.45) is 11.8 Å². The summed E-state index contributed by atoms with van der Waals surface area (Å²) in [6, 6.07) is 0. The quantitative estimate of drug-likeness (QED) is 0.719. The van der Waals surface area contributed by atoms with E-state index in [1.165, 1.54) is 0 Å². The van der Waals surface area contributed by atoms with Crippen molar-refractivity contribution in [3.63, 3.8) is 0 Å². The molecule has 1 saturated carbocycles. The van der Waals surface area contributed by atoms with Crippen LogP contribution in [0.2, 0.25) is 0 Å². The third-order valence-electron chi connectivity index (χ3n) is 3.32. The predicted octanol–water partition coefficient (Wildman–Crippen LogP) is 2.01. The van der Waals surface area contributed by atoms with Crippen LogP contribution in [0.1, 0.15) is 38.5 Å². The molecule has 0 aromatic heterocycles. The molecule has 1 rings (SSSR count). The van der Waals surface area contributed by atoms with Crippen molar-refractivity contribution >= 4 is 23.5 Å². The zero-order valence-corrected chi connectivity index (χ0v) is 10.7. The van der Waals surface area contributed by atoms with Gasteiger partial charge in [0.25, 0.3) is 0 Å². The molecule has 17 heavy (non-hydrogen) atoms. The maximum absolute atomic E-state index is 11.4. The van der Waals surface area contributed by atoms with E-state index in [4.69, 9.17) is 16.7 Å². The van der Waals surface area contributed by atoms with Gasteiger partial charge in [0.15, 0.2) is 0 Å². The van der Waals surface area contributed by atoms with E-state index in [1.807, 2.05) is 0 Å². The maximum atomic E-state index is 11.4. The van der Waals surface area contributed by atoms with Gasteiger partial charge in [0, 0.05) is 18.8 Å². The average Bonchev–Trinajstić information content (AvgIpc) is 2.34. The summed E-state index contributed by atoms with van der Waals surface area (Å²) in [7, 11) is 0. The fourth-order valence-electron chi connectivity index (χ4n) is 2.19. The summed E-state index contributed by atoms with van der Waals surface area (Å²) in [6.07, 6.45) is 4.45. The number of amides is 1. The average molecular weight is 262 g/mol. The molecular formula is C12H20ClNO3. The molecular weight excluding hydrogens is 242 g/mol. The van der Waals surface area contributed by atoms with Crippen LogP contribution in [0.3, 0.4) is 0 Å². The number of carbonyl (C=O) groups excluding carboxylic acids is 1. The predicted molar refractivity (Wildman–Crippen MR) is 66.0 cm³/mol. The molecule has 0 aromatic rings. The highest BCUT2D eigenvalue weighted by molar-refractivity contribution is 6.17. The molecule has 0 heterocycles. The van der Waals surface area contributed by atoms with Gasteiger partial charge in [-0.1, -0.05) is 0 Å². The van der Waals surface area contributed by atoms with Gasteiger partial charge >= 0.3 is 5.97 Å². The molecule has 1 aliphatic carbocycles. The molecule has 0 radical (unpaired) electrons. The zero-order valence-electron chi connectivity index (χ0n) is 9.95. The smallest absolute Gasteiger partial charge is 0.306 e. The van der Waals surface area contributed by atoms with Gasteiger partial charge in [0.2, 0.25) is 5.91 Å². The second kappa shape index (κ2) is 7.54. The summed E-state index contributed by atoms with van der Waals surface area (Å²) in [5.74, 6) is 0.126. The van der Waals surface area contributed by atoms with Crippen molar-refractivity contribution in [2.75, 3.05) is 12.4 Å². The van der Waals surface area contributed by atoms with E-state index in [9.17, 15) is 9.59 Å². The van der Waals surface area contributed by atoms with Crippen LogP contribution in [0.25, 0.3) is 0 Å². The van der Waals surface area contributed by atoms with E-state index >= 15 is 0 Å². The molecule has 4 nitrogen and oxygen atoms in total. The summed E-state index contributed by atoms with van der Waals surface area (Å²) in [4.78, 5) is 22.1. The largest absolute Gasteiger partial charge is 0.481 e. The van der Waals surface area contributed by atoms with E-state index in [1.54, 1.807) is 0 Å². The first-order chi connectivity index (χ1) is 8.13. The van der Waals surface area contributed by atoms with Crippen LogP contribution >= 0.6 is 11.6 Å². The lowest BCUT2D eigenvalue weighted by Gasteiger charge is -2.26. The van der Waals surface area contributed by atoms with Crippen molar-refractivity contribution in [1.29, 1.82) is 0 Å². The lowest BCUT2D eigenvalue weighted by molar-refractivity contribution is -0.143. The molecule has 1 amide bonds. The normalized spacial score (nSPS) is 24.3. The van der Waals surface area contributed by atoms with Crippen LogP contribution in [-0.2, 0) is 9.59 Å². The lowest BCUT2D eigenvalue weighted by Crippen LogP contribution is -2.32. The van der Waals surface area contributed by atoms with Gasteiger partial charge in [-0.05, 0) is 38.0 Å². The van der Waals surface area contributed by atoms with Crippen molar-refractivity contribution < 1.29 is 14.7 Å². The Hall–Kier alpha value is -0.770. The van der Waals surface area contributed by atoms with Crippen molar-refractivity contribution in [2.45, 2.75) is 38.5 Å². The van der Waals surface area contributed by atoms with Crippen LogP contribution < -0.4 is 5.32 Å². The van der Waals surface area contributed by atoms with E-state index in [-0.39, 0.29) is 11.8 Å². The molecule has 0 aliphatic heterocycles. The number of rotatable bonds is 6. The fraction of sp³-hybridized carbons (Fsp3) is 0.833. The Kier molecular flexibility index (Phi) is 6.34. The highest BCUT2D eigenvalue weighted by Crippen LogP contribution is 2.28. The monoisotopic (exact) mass is 261 g/mol. The Morgan fingerprint density at radius 3 is 2.41 bits per heavy atom. The molecule has 0 aromatic carbocycles. The minimum absolute atomic E-state index is 0.0472. The maximum Gasteiger partial charge on any atom is 0.306 e. The van der Waals surface area contributed by atoms with Gasteiger partial charge in [-0.3, -0.25) is 9.59 Å². The molecule has 98 valence electrons. The highest BCUT2D eigenvalue weighted by Gasteiger charge is 2.25. The van der Waals surface area contributed by atoms with Gasteiger partial charge in [0.1, 0.15) is 0 Å². The Morgan fingerprint density at radius 1 is 1.24 bits per heavy atom. The van der Waals surface area contributed by atoms with Crippen LogP contribution in [0.15, 0.2) is 0 Å². The number of hydrogen-bond acceptors (Lipinski definition) is 2. The van der Waals surface area contributed by atoms with Gasteiger partial charge in [-0.2, -0.15) is 0 Å². The SMILES string of the molecule is O=C(CCCCl)NCC1CCC(C(=O)O)CC1. The van der Waals surface area contributed by atoms with Gasteiger partial charge in [-0.25, -0.2) is 0 Å². The molecule has 0 saturated heterocycles. The van der Waals surface area contributed by atoms with Crippen LogP contribution in [0.5, 0.6) is 0 Å². The molecule has 5 heteroatoms. The van der Waals surface area contributed by atoms with Crippen LogP contribution in [0, 0.1) is 11.8 Å². The minimum atomic E-state index is -0.686. The fourth-order valence-corrected chi connectivity index (χ4v) is 2.32. The van der Waals surface area contributed by atoms with E-state index in [0.717, 1.165) is 25.7 Å². The first kappa shape index (κ1) is 14.3. The molecule has 2 N–H and O–H groups in total. The molecule has 0 atom stereocenters. The van der Waals surface area contributed by atoms with Crippen molar-refractivity contribution in [1.82, 2.24) is 5.32 Å². The molecule has 1 fully saturated rings.